The fraction of sp³-hybridized carbons (Fsp3) is 0. The fourth-order valence-electron chi connectivity index (χ4n) is 0. The molecule has 0 heterocycles. The van der Waals surface area contributed by atoms with Crippen LogP contribution in [0.1, 0.15) is 0 Å². The van der Waals surface area contributed by atoms with Gasteiger partial charge in [0.25, 0.3) is 0 Å². The molecule has 0 aromatic heterocycles. The van der Waals surface area contributed by atoms with Gasteiger partial charge in [-0.2, -0.15) is 0 Å². The van der Waals surface area contributed by atoms with E-state index in [0.29, 0.717) is 0 Å². The first-order valence-electron chi connectivity index (χ1n) is 2.41. The summed E-state index contributed by atoms with van der Waals surface area (Å²) >= 11 is 0. The zero-order valence-corrected chi connectivity index (χ0v) is 9.21. The number of hydrogen-bond donors (Lipinski definition) is 4. The topological polar surface area (TPSA) is 95.4 Å². The molecule has 0 rings (SSSR count). The van der Waals surface area contributed by atoms with Gasteiger partial charge in [0.1, 0.15) is 0 Å². The van der Waals surface area contributed by atoms with Gasteiger partial charge in [0.05, 0.1) is 0 Å². The largest absolute Gasteiger partial charge is 2.00 e. The summed E-state index contributed by atoms with van der Waals surface area (Å²) in [6.45, 7) is 11.6. The van der Waals surface area contributed by atoms with E-state index in [-0.39, 0.29) is 29.5 Å². The van der Waals surface area contributed by atoms with Crippen molar-refractivity contribution >= 4 is 23.5 Å². The smallest absolute Gasteiger partial charge is 1.00 e. The Morgan fingerprint density at radius 2 is 0.571 bits per heavy atom. The van der Waals surface area contributed by atoms with Crippen LogP contribution < -0.4 is 12.4 Å². The van der Waals surface area contributed by atoms with Crippen molar-refractivity contribution in [1.82, 2.24) is 0 Å². The molecule has 0 aromatic rings. The maximum atomic E-state index is 5.85. The Balaban J connectivity index is -0.0000000145. The molecule has 0 aliphatic heterocycles. The number of hydrogen-bond acceptors (Lipinski definition) is 4. The molecule has 81 valence electrons. The second-order valence-corrected chi connectivity index (χ2v) is 0.707. The Labute approximate surface area is 101 Å². The van der Waals surface area contributed by atoms with Crippen molar-refractivity contribution in [2.45, 2.75) is 0 Å². The quantitative estimate of drug-likeness (QED) is 0.308. The van der Waals surface area contributed by atoms with Crippen LogP contribution in [0.4, 0.5) is 0 Å². The molecular weight excluding hydrogens is 251 g/mol. The first-order valence-corrected chi connectivity index (χ1v) is 2.41. The Hall–Kier alpha value is -1.39. The van der Waals surface area contributed by atoms with Crippen LogP contribution in [-0.2, 0) is 17.1 Å². The van der Waals surface area contributed by atoms with Gasteiger partial charge in [0, 0.05) is 0 Å². The third-order valence-corrected chi connectivity index (χ3v) is 0. The summed E-state index contributed by atoms with van der Waals surface area (Å²) in [6, 6.07) is 0. The van der Waals surface area contributed by atoms with Crippen molar-refractivity contribution in [2.75, 3.05) is 0 Å². The Morgan fingerprint density at radius 3 is 0.571 bits per heavy atom. The molecule has 0 atom stereocenters. The summed E-state index contributed by atoms with van der Waals surface area (Å²) in [4.78, 5) is 0. The van der Waals surface area contributed by atoms with Gasteiger partial charge in [-0.1, -0.05) is 0 Å². The van der Waals surface area contributed by atoms with Crippen molar-refractivity contribution in [2.24, 2.45) is 0 Å². The minimum absolute atomic E-state index is 0. The van der Waals surface area contributed by atoms with E-state index in [1.54, 1.807) is 23.5 Å². The first-order chi connectivity index (χ1) is 5.66. The van der Waals surface area contributed by atoms with E-state index < -0.39 is 0 Å². The molecule has 0 aliphatic carbocycles. The van der Waals surface area contributed by atoms with E-state index in [4.69, 9.17) is 21.6 Å². The average Bonchev–Trinajstić information content (AvgIpc) is 1.92. The van der Waals surface area contributed by atoms with E-state index in [0.717, 1.165) is 0 Å². The molecule has 14 heavy (non-hydrogen) atoms. The predicted molar refractivity (Wildman–Crippen MR) is 53.4 cm³/mol. The standard InChI is InChI=1S/4C2H3N.ClH.Cu/c4*1-2-3;;/h4*3H,1H2;1H;/q;;;;;+2/p-1. The molecule has 0 fully saturated rings. The maximum absolute atomic E-state index is 5.85. The summed E-state index contributed by atoms with van der Waals surface area (Å²) in [5.41, 5.74) is 0. The Kier molecular flexibility index (Phi) is 533. The molecule has 0 saturated heterocycles. The average molecular weight is 263 g/mol. The summed E-state index contributed by atoms with van der Waals surface area (Å²) in [5.74, 6) is 7.00. The van der Waals surface area contributed by atoms with Crippen molar-refractivity contribution in [1.29, 1.82) is 21.6 Å². The molecular formula is C8H12ClCuN4+. The molecule has 0 aliphatic rings. The van der Waals surface area contributed by atoms with Crippen LogP contribution in [0.3, 0.4) is 0 Å². The van der Waals surface area contributed by atoms with Crippen LogP contribution in [0.5, 0.6) is 0 Å². The number of rotatable bonds is 0. The van der Waals surface area contributed by atoms with E-state index in [1.807, 2.05) is 0 Å². The maximum Gasteiger partial charge on any atom is 2.00 e. The van der Waals surface area contributed by atoms with Crippen molar-refractivity contribution in [3.8, 4) is 0 Å². The van der Waals surface area contributed by atoms with Gasteiger partial charge in [0.2, 0.25) is 0 Å². The molecule has 0 bridgehead atoms. The monoisotopic (exact) mass is 262 g/mol. The first kappa shape index (κ1) is 38.9. The second-order valence-electron chi connectivity index (χ2n) is 0.707. The summed E-state index contributed by atoms with van der Waals surface area (Å²) in [7, 11) is 0. The van der Waals surface area contributed by atoms with Crippen molar-refractivity contribution in [3.05, 3.63) is 26.3 Å². The van der Waals surface area contributed by atoms with Gasteiger partial charge < -0.3 is 12.4 Å². The van der Waals surface area contributed by atoms with Gasteiger partial charge in [-0.3, -0.25) is 21.6 Å². The molecule has 1 radical (unpaired) electrons. The molecule has 0 amide bonds. The van der Waals surface area contributed by atoms with E-state index in [2.05, 4.69) is 26.3 Å². The van der Waals surface area contributed by atoms with Crippen molar-refractivity contribution in [3.63, 3.8) is 0 Å². The van der Waals surface area contributed by atoms with Crippen LogP contribution >= 0.6 is 0 Å². The third-order valence-electron chi connectivity index (χ3n) is 0. The third kappa shape index (κ3) is 507. The minimum Gasteiger partial charge on any atom is -1.00 e. The van der Waals surface area contributed by atoms with Crippen LogP contribution in [0.15, 0.2) is 26.3 Å². The van der Waals surface area contributed by atoms with E-state index in [1.165, 1.54) is 0 Å². The van der Waals surface area contributed by atoms with Gasteiger partial charge in [0.15, 0.2) is 0 Å². The van der Waals surface area contributed by atoms with Crippen LogP contribution in [0.2, 0.25) is 0 Å². The van der Waals surface area contributed by atoms with Gasteiger partial charge in [-0.25, -0.2) is 0 Å². The van der Waals surface area contributed by atoms with E-state index in [9.17, 15) is 0 Å². The van der Waals surface area contributed by atoms with Crippen molar-refractivity contribution < 1.29 is 29.5 Å². The zero-order chi connectivity index (χ0) is 10.8. The van der Waals surface area contributed by atoms with E-state index >= 15 is 0 Å². The zero-order valence-electron chi connectivity index (χ0n) is 7.51. The molecule has 0 saturated carbocycles. The number of nitrogens with one attached hydrogen (secondary N) is 4. The van der Waals surface area contributed by atoms with Gasteiger partial charge >= 0.3 is 17.1 Å². The molecule has 0 unspecified atom stereocenters. The fourth-order valence-corrected chi connectivity index (χ4v) is 0. The molecule has 0 spiro atoms. The Morgan fingerprint density at radius 1 is 0.571 bits per heavy atom. The van der Waals surface area contributed by atoms with Gasteiger partial charge in [-0.15, -0.1) is 0 Å². The molecule has 6 heteroatoms. The summed E-state index contributed by atoms with van der Waals surface area (Å²) < 4.78 is 0. The molecule has 0 aromatic carbocycles. The summed E-state index contributed by atoms with van der Waals surface area (Å²) in [6.07, 6.45) is 0. The summed E-state index contributed by atoms with van der Waals surface area (Å²) in [5, 5.41) is 23.4. The normalized spacial score (nSPS) is 2.29. The number of halogens is 1. The minimum atomic E-state index is 0. The molecule has 4 N–H and O–H groups in total. The van der Waals surface area contributed by atoms with Crippen LogP contribution in [0.25, 0.3) is 0 Å². The SMILES string of the molecule is C=C=N.C=C=N.C=C=N.C=C=N.[Cl-].[Cu+2]. The van der Waals surface area contributed by atoms with Gasteiger partial charge in [-0.05, 0) is 49.8 Å². The second kappa shape index (κ2) is 192. The Bertz CT molecular complexity index is 153. The molecule has 4 nitrogen and oxygen atoms in total. The van der Waals surface area contributed by atoms with Crippen LogP contribution in [0, 0.1) is 21.6 Å². The van der Waals surface area contributed by atoms with Crippen LogP contribution in [-0.4, -0.2) is 23.5 Å². The predicted octanol–water partition coefficient (Wildman–Crippen LogP) is -1.32.